The Hall–Kier alpha value is -2.69. The Morgan fingerprint density at radius 3 is 2.18 bits per heavy atom. The summed E-state index contributed by atoms with van der Waals surface area (Å²) < 4.78 is 41.5. The summed E-state index contributed by atoms with van der Waals surface area (Å²) in [5.41, 5.74) is -0.847. The van der Waals surface area contributed by atoms with Gasteiger partial charge in [0.2, 0.25) is 0 Å². The van der Waals surface area contributed by atoms with Gasteiger partial charge in [0.05, 0.1) is 21.6 Å². The summed E-state index contributed by atoms with van der Waals surface area (Å²) in [4.78, 5) is 39.8. The van der Waals surface area contributed by atoms with Crippen LogP contribution >= 0.6 is 38.9 Å². The van der Waals surface area contributed by atoms with Gasteiger partial charge in [-0.15, -0.1) is 11.3 Å². The molecule has 170 valence electrons. The lowest BCUT2D eigenvalue weighted by Crippen LogP contribution is -2.52. The van der Waals surface area contributed by atoms with Crippen LogP contribution < -0.4 is 5.32 Å². The number of benzene rings is 2. The third-order valence-corrected chi connectivity index (χ3v) is 7.51. The molecule has 1 aliphatic heterocycles. The van der Waals surface area contributed by atoms with E-state index >= 15 is 0 Å². The minimum absolute atomic E-state index is 0.118. The van der Waals surface area contributed by atoms with Crippen LogP contribution in [0.25, 0.3) is 0 Å². The highest BCUT2D eigenvalue weighted by Crippen LogP contribution is 2.34. The molecule has 2 heterocycles. The topological polar surface area (TPSA) is 66.5 Å². The molecule has 33 heavy (non-hydrogen) atoms. The Bertz CT molecular complexity index is 1220. The Kier molecular flexibility index (Phi) is 6.35. The van der Waals surface area contributed by atoms with Crippen molar-refractivity contribution in [3.05, 3.63) is 90.5 Å². The number of alkyl halides is 3. The zero-order chi connectivity index (χ0) is 23.9. The van der Waals surface area contributed by atoms with Gasteiger partial charge in [-0.2, -0.15) is 13.2 Å². The maximum absolute atomic E-state index is 13.6. The Morgan fingerprint density at radius 1 is 1.06 bits per heavy atom. The van der Waals surface area contributed by atoms with Gasteiger partial charge in [-0.25, -0.2) is 0 Å². The highest BCUT2D eigenvalue weighted by Gasteiger charge is 2.42. The highest BCUT2D eigenvalue weighted by molar-refractivity contribution is 9.10. The van der Waals surface area contributed by atoms with E-state index in [9.17, 15) is 27.6 Å². The second-order valence-electron chi connectivity index (χ2n) is 7.11. The average molecular weight is 558 g/mol. The second kappa shape index (κ2) is 8.92. The van der Waals surface area contributed by atoms with Gasteiger partial charge in [0.1, 0.15) is 10.5 Å². The summed E-state index contributed by atoms with van der Waals surface area (Å²) in [6.07, 6.45) is -6.46. The van der Waals surface area contributed by atoms with E-state index in [0.29, 0.717) is 8.81 Å². The lowest BCUT2D eigenvalue weighted by molar-refractivity contribution is -0.138. The molecular formula is C22H13BrClF3N2O3S. The van der Waals surface area contributed by atoms with Crippen molar-refractivity contribution in [2.24, 2.45) is 0 Å². The lowest BCUT2D eigenvalue weighted by atomic mass is 10.0. The number of hydrogen-bond acceptors (Lipinski definition) is 4. The molecule has 1 aromatic heterocycles. The van der Waals surface area contributed by atoms with Crippen molar-refractivity contribution in [1.29, 1.82) is 0 Å². The van der Waals surface area contributed by atoms with Crippen LogP contribution in [0.15, 0.2) is 59.1 Å². The van der Waals surface area contributed by atoms with Gasteiger partial charge in [0.15, 0.2) is 0 Å². The molecule has 0 unspecified atom stereocenters. The average Bonchev–Trinajstić information content (AvgIpc) is 3.23. The standard InChI is InChI=1S/C22H13BrClF3N2O3S/c23-15-10-16(33-18(15)24)19(30)28-17(9-11-5-1-4-8-14(11)22(25,26)27)29-20(31)12-6-2-3-7-13(12)21(29)32/h1-8,10,17H,9H2,(H,28,30)/t17-/m1/s1. The van der Waals surface area contributed by atoms with Crippen LogP contribution in [0.2, 0.25) is 4.34 Å². The number of imide groups is 1. The van der Waals surface area contributed by atoms with E-state index in [1.165, 1.54) is 36.4 Å². The second-order valence-corrected chi connectivity index (χ2v) is 9.62. The first-order chi connectivity index (χ1) is 15.6. The molecule has 1 N–H and O–H groups in total. The third-order valence-electron chi connectivity index (χ3n) is 5.04. The zero-order valence-corrected chi connectivity index (χ0v) is 19.6. The smallest absolute Gasteiger partial charge is 0.330 e. The van der Waals surface area contributed by atoms with Crippen LogP contribution in [0.4, 0.5) is 13.2 Å². The van der Waals surface area contributed by atoms with Crippen molar-refractivity contribution in [3.63, 3.8) is 0 Å². The molecule has 3 aromatic rings. The van der Waals surface area contributed by atoms with E-state index < -0.39 is 42.0 Å². The summed E-state index contributed by atoms with van der Waals surface area (Å²) >= 11 is 10.1. The largest absolute Gasteiger partial charge is 0.416 e. The first-order valence-electron chi connectivity index (χ1n) is 9.45. The number of hydrogen-bond donors (Lipinski definition) is 1. The van der Waals surface area contributed by atoms with E-state index in [1.54, 1.807) is 12.1 Å². The van der Waals surface area contributed by atoms with Crippen molar-refractivity contribution >= 4 is 56.6 Å². The number of nitrogens with one attached hydrogen (secondary N) is 1. The molecule has 0 saturated carbocycles. The van der Waals surface area contributed by atoms with Gasteiger partial charge in [0, 0.05) is 10.9 Å². The maximum atomic E-state index is 13.6. The third kappa shape index (κ3) is 4.55. The molecule has 1 aliphatic rings. The number of rotatable bonds is 5. The molecule has 5 nitrogen and oxygen atoms in total. The molecule has 1 atom stereocenters. The molecule has 0 aliphatic carbocycles. The van der Waals surface area contributed by atoms with E-state index in [2.05, 4.69) is 21.2 Å². The van der Waals surface area contributed by atoms with Crippen LogP contribution in [0.1, 0.15) is 41.5 Å². The van der Waals surface area contributed by atoms with E-state index in [1.807, 2.05) is 0 Å². The van der Waals surface area contributed by atoms with Gasteiger partial charge in [-0.05, 0) is 45.8 Å². The van der Waals surface area contributed by atoms with Gasteiger partial charge in [-0.3, -0.25) is 19.3 Å². The maximum Gasteiger partial charge on any atom is 0.416 e. The summed E-state index contributed by atoms with van der Waals surface area (Å²) in [6, 6.07) is 12.3. The molecule has 0 fully saturated rings. The Morgan fingerprint density at radius 2 is 1.64 bits per heavy atom. The zero-order valence-electron chi connectivity index (χ0n) is 16.5. The van der Waals surface area contributed by atoms with Crippen molar-refractivity contribution < 1.29 is 27.6 Å². The number of halogens is 5. The van der Waals surface area contributed by atoms with Crippen molar-refractivity contribution in [3.8, 4) is 0 Å². The van der Waals surface area contributed by atoms with Gasteiger partial charge in [0.25, 0.3) is 17.7 Å². The van der Waals surface area contributed by atoms with Crippen molar-refractivity contribution in [1.82, 2.24) is 10.2 Å². The number of thiophene rings is 1. The van der Waals surface area contributed by atoms with Gasteiger partial charge >= 0.3 is 6.18 Å². The monoisotopic (exact) mass is 556 g/mol. The van der Waals surface area contributed by atoms with E-state index in [-0.39, 0.29) is 21.6 Å². The van der Waals surface area contributed by atoms with Gasteiger partial charge < -0.3 is 5.32 Å². The van der Waals surface area contributed by atoms with Crippen molar-refractivity contribution in [2.45, 2.75) is 18.8 Å². The summed E-state index contributed by atoms with van der Waals surface area (Å²) in [7, 11) is 0. The molecule has 0 radical (unpaired) electrons. The molecule has 3 amide bonds. The normalized spacial score (nSPS) is 14.4. The van der Waals surface area contributed by atoms with Crippen LogP contribution in [0, 0.1) is 0 Å². The minimum atomic E-state index is -4.65. The number of nitrogens with zero attached hydrogens (tertiary/aromatic N) is 1. The predicted octanol–water partition coefficient (Wildman–Crippen LogP) is 5.78. The molecule has 0 bridgehead atoms. The van der Waals surface area contributed by atoms with Crippen LogP contribution in [-0.4, -0.2) is 28.8 Å². The van der Waals surface area contributed by atoms with Crippen molar-refractivity contribution in [2.75, 3.05) is 0 Å². The first kappa shape index (κ1) is 23.5. The first-order valence-corrected chi connectivity index (χ1v) is 11.4. The molecule has 4 rings (SSSR count). The molecular weight excluding hydrogens is 545 g/mol. The fourth-order valence-electron chi connectivity index (χ4n) is 3.56. The lowest BCUT2D eigenvalue weighted by Gasteiger charge is -2.28. The summed E-state index contributed by atoms with van der Waals surface area (Å²) in [5, 5.41) is 2.55. The molecule has 0 saturated heterocycles. The minimum Gasteiger partial charge on any atom is -0.330 e. The fourth-order valence-corrected chi connectivity index (χ4v) is 5.17. The summed E-state index contributed by atoms with van der Waals surface area (Å²) in [6.45, 7) is 0. The SMILES string of the molecule is O=C(N[C@@H](Cc1ccccc1C(F)(F)F)N1C(=O)c2ccccc2C1=O)c1cc(Br)c(Cl)s1. The van der Waals surface area contributed by atoms with Crippen LogP contribution in [0.3, 0.4) is 0 Å². The number of amides is 3. The van der Waals surface area contributed by atoms with E-state index in [4.69, 9.17) is 11.6 Å². The number of fused-ring (bicyclic) bond motifs is 1. The van der Waals surface area contributed by atoms with Gasteiger partial charge in [-0.1, -0.05) is 41.9 Å². The Balaban J connectivity index is 1.73. The molecule has 2 aromatic carbocycles. The predicted molar refractivity (Wildman–Crippen MR) is 120 cm³/mol. The quantitative estimate of drug-likeness (QED) is 0.405. The Labute approximate surface area is 203 Å². The van der Waals surface area contributed by atoms with Crippen LogP contribution in [-0.2, 0) is 12.6 Å². The highest BCUT2D eigenvalue weighted by atomic mass is 79.9. The molecule has 11 heteroatoms. The molecule has 0 spiro atoms. The summed E-state index contributed by atoms with van der Waals surface area (Å²) in [5.74, 6) is -2.08. The fraction of sp³-hybridized carbons (Fsp3) is 0.136. The number of carbonyl (C=O) groups excluding carboxylic acids is 3. The van der Waals surface area contributed by atoms with Crippen LogP contribution in [0.5, 0.6) is 0 Å². The van der Waals surface area contributed by atoms with E-state index in [0.717, 1.165) is 22.3 Å². The number of carbonyl (C=O) groups is 3.